The topological polar surface area (TPSA) is 37.8 Å². The number of nitrogens with zero attached hydrogens (tertiary/aromatic N) is 1. The molecule has 0 radical (unpaired) electrons. The highest BCUT2D eigenvalue weighted by molar-refractivity contribution is 7.99. The second-order valence-corrected chi connectivity index (χ2v) is 5.84. The molecule has 1 aliphatic rings. The molecule has 17 heavy (non-hydrogen) atoms. The maximum absolute atomic E-state index is 12.0. The monoisotopic (exact) mass is 248 g/mol. The first-order chi connectivity index (χ1) is 8.25. The number of aryl methyl sites for hydroxylation is 1. The lowest BCUT2D eigenvalue weighted by molar-refractivity contribution is 0.499. The standard InChI is InChI=1S/C13H16N2OS/c1-9-4-5-12-11(7-9)14-13(16)15(12)10-3-2-6-17-8-10/h4-5,7,10H,2-3,6,8H2,1H3,(H,14,16). The largest absolute Gasteiger partial charge is 0.326 e. The first-order valence-electron chi connectivity index (χ1n) is 6.04. The van der Waals surface area contributed by atoms with Gasteiger partial charge in [-0.3, -0.25) is 4.57 Å². The second kappa shape index (κ2) is 4.26. The maximum Gasteiger partial charge on any atom is 0.326 e. The fraction of sp³-hybridized carbons (Fsp3) is 0.462. The number of nitrogens with one attached hydrogen (secondary N) is 1. The highest BCUT2D eigenvalue weighted by atomic mass is 32.2. The number of aromatic amines is 1. The molecular weight excluding hydrogens is 232 g/mol. The van der Waals surface area contributed by atoms with Crippen LogP contribution in [0, 0.1) is 6.92 Å². The third-order valence-electron chi connectivity index (χ3n) is 3.37. The number of benzene rings is 1. The van der Waals surface area contributed by atoms with Crippen LogP contribution in [0.2, 0.25) is 0 Å². The summed E-state index contributed by atoms with van der Waals surface area (Å²) < 4.78 is 1.95. The highest BCUT2D eigenvalue weighted by Crippen LogP contribution is 2.28. The molecule has 0 bridgehead atoms. The summed E-state index contributed by atoms with van der Waals surface area (Å²) in [6, 6.07) is 6.53. The van der Waals surface area contributed by atoms with Crippen LogP contribution < -0.4 is 5.69 Å². The first kappa shape index (κ1) is 11.0. The molecule has 1 aliphatic heterocycles. The molecule has 1 unspecified atom stereocenters. The summed E-state index contributed by atoms with van der Waals surface area (Å²) >= 11 is 1.95. The Kier molecular flexibility index (Phi) is 2.74. The summed E-state index contributed by atoms with van der Waals surface area (Å²) in [5.41, 5.74) is 3.24. The molecule has 1 aromatic heterocycles. The van der Waals surface area contributed by atoms with E-state index in [1.165, 1.54) is 17.7 Å². The van der Waals surface area contributed by atoms with Crippen LogP contribution in [-0.2, 0) is 0 Å². The van der Waals surface area contributed by atoms with Gasteiger partial charge in [0.25, 0.3) is 0 Å². The van der Waals surface area contributed by atoms with Crippen LogP contribution >= 0.6 is 11.8 Å². The van der Waals surface area contributed by atoms with Gasteiger partial charge in [-0.15, -0.1) is 0 Å². The normalized spacial score (nSPS) is 20.9. The van der Waals surface area contributed by atoms with Crippen molar-refractivity contribution in [3.8, 4) is 0 Å². The van der Waals surface area contributed by atoms with E-state index in [0.717, 1.165) is 23.2 Å². The molecule has 1 aromatic carbocycles. The molecule has 1 N–H and O–H groups in total. The summed E-state index contributed by atoms with van der Waals surface area (Å²) in [6.45, 7) is 2.05. The van der Waals surface area contributed by atoms with Crippen LogP contribution in [0.25, 0.3) is 11.0 Å². The van der Waals surface area contributed by atoms with Crippen LogP contribution in [0.15, 0.2) is 23.0 Å². The van der Waals surface area contributed by atoms with Gasteiger partial charge in [-0.1, -0.05) is 6.07 Å². The third-order valence-corrected chi connectivity index (χ3v) is 4.57. The van der Waals surface area contributed by atoms with Crippen LogP contribution in [-0.4, -0.2) is 21.1 Å². The highest BCUT2D eigenvalue weighted by Gasteiger charge is 2.19. The molecule has 0 aliphatic carbocycles. The molecule has 1 fully saturated rings. The lowest BCUT2D eigenvalue weighted by Crippen LogP contribution is -2.25. The Morgan fingerprint density at radius 2 is 2.35 bits per heavy atom. The van der Waals surface area contributed by atoms with E-state index in [2.05, 4.69) is 17.1 Å². The number of hydrogen-bond donors (Lipinski definition) is 1. The van der Waals surface area contributed by atoms with Gasteiger partial charge >= 0.3 is 5.69 Å². The summed E-state index contributed by atoms with van der Waals surface area (Å²) in [5.74, 6) is 2.29. The minimum absolute atomic E-state index is 0.0399. The number of H-pyrrole nitrogens is 1. The van der Waals surface area contributed by atoms with E-state index in [1.807, 2.05) is 29.3 Å². The van der Waals surface area contributed by atoms with Gasteiger partial charge in [0.05, 0.1) is 11.0 Å². The van der Waals surface area contributed by atoms with Gasteiger partial charge in [0.1, 0.15) is 0 Å². The summed E-state index contributed by atoms with van der Waals surface area (Å²) in [5, 5.41) is 0. The number of thioether (sulfide) groups is 1. The van der Waals surface area contributed by atoms with E-state index in [-0.39, 0.29) is 5.69 Å². The molecule has 1 saturated heterocycles. The Morgan fingerprint density at radius 1 is 1.47 bits per heavy atom. The smallest absolute Gasteiger partial charge is 0.306 e. The Morgan fingerprint density at radius 3 is 3.12 bits per heavy atom. The lowest BCUT2D eigenvalue weighted by atomic mass is 10.1. The van der Waals surface area contributed by atoms with E-state index in [9.17, 15) is 4.79 Å². The maximum atomic E-state index is 12.0. The Balaban J connectivity index is 2.14. The van der Waals surface area contributed by atoms with Crippen molar-refractivity contribution >= 4 is 22.8 Å². The van der Waals surface area contributed by atoms with Gasteiger partial charge in [-0.25, -0.2) is 4.79 Å². The van der Waals surface area contributed by atoms with Crippen molar-refractivity contribution < 1.29 is 0 Å². The first-order valence-corrected chi connectivity index (χ1v) is 7.20. The molecule has 2 heterocycles. The van der Waals surface area contributed by atoms with Gasteiger partial charge in [0, 0.05) is 11.8 Å². The predicted molar refractivity (Wildman–Crippen MR) is 72.9 cm³/mol. The van der Waals surface area contributed by atoms with Gasteiger partial charge in [0.15, 0.2) is 0 Å². The molecular formula is C13H16N2OS. The van der Waals surface area contributed by atoms with Gasteiger partial charge in [-0.2, -0.15) is 11.8 Å². The molecule has 3 rings (SSSR count). The molecule has 4 heteroatoms. The zero-order valence-corrected chi connectivity index (χ0v) is 10.7. The molecule has 0 spiro atoms. The molecule has 1 atom stereocenters. The van der Waals surface area contributed by atoms with Crippen molar-refractivity contribution in [2.24, 2.45) is 0 Å². The fourth-order valence-corrected chi connectivity index (χ4v) is 3.66. The van der Waals surface area contributed by atoms with Crippen molar-refractivity contribution in [1.29, 1.82) is 0 Å². The van der Waals surface area contributed by atoms with E-state index >= 15 is 0 Å². The predicted octanol–water partition coefficient (Wildman–Crippen LogP) is 2.71. The van der Waals surface area contributed by atoms with Crippen LogP contribution in [0.3, 0.4) is 0 Å². The van der Waals surface area contributed by atoms with Crippen molar-refractivity contribution in [2.45, 2.75) is 25.8 Å². The van der Waals surface area contributed by atoms with Crippen molar-refractivity contribution in [3.63, 3.8) is 0 Å². The molecule has 90 valence electrons. The van der Waals surface area contributed by atoms with E-state index in [4.69, 9.17) is 0 Å². The second-order valence-electron chi connectivity index (χ2n) is 4.69. The Bertz CT molecular complexity index is 593. The van der Waals surface area contributed by atoms with Crippen molar-refractivity contribution in [3.05, 3.63) is 34.2 Å². The molecule has 0 saturated carbocycles. The summed E-state index contributed by atoms with van der Waals surface area (Å²) in [6.07, 6.45) is 2.33. The summed E-state index contributed by atoms with van der Waals surface area (Å²) in [7, 11) is 0. The van der Waals surface area contributed by atoms with E-state index in [0.29, 0.717) is 6.04 Å². The molecule has 0 amide bonds. The Labute approximate surface area is 104 Å². The van der Waals surface area contributed by atoms with Gasteiger partial charge < -0.3 is 4.98 Å². The number of imidazole rings is 1. The lowest BCUT2D eigenvalue weighted by Gasteiger charge is -2.22. The number of fused-ring (bicyclic) bond motifs is 1. The summed E-state index contributed by atoms with van der Waals surface area (Å²) in [4.78, 5) is 15.0. The van der Waals surface area contributed by atoms with Gasteiger partial charge in [-0.05, 0) is 43.2 Å². The Hall–Kier alpha value is -1.16. The van der Waals surface area contributed by atoms with Crippen LogP contribution in [0.5, 0.6) is 0 Å². The molecule has 2 aromatic rings. The zero-order valence-electron chi connectivity index (χ0n) is 9.90. The molecule has 3 nitrogen and oxygen atoms in total. The zero-order chi connectivity index (χ0) is 11.8. The number of hydrogen-bond acceptors (Lipinski definition) is 2. The van der Waals surface area contributed by atoms with Crippen molar-refractivity contribution in [2.75, 3.05) is 11.5 Å². The third kappa shape index (κ3) is 1.90. The van der Waals surface area contributed by atoms with Gasteiger partial charge in [0.2, 0.25) is 0 Å². The average molecular weight is 248 g/mol. The minimum atomic E-state index is 0.0399. The minimum Gasteiger partial charge on any atom is -0.306 e. The number of rotatable bonds is 1. The average Bonchev–Trinajstić information content (AvgIpc) is 2.65. The van der Waals surface area contributed by atoms with Crippen LogP contribution in [0.1, 0.15) is 24.4 Å². The van der Waals surface area contributed by atoms with Crippen LogP contribution in [0.4, 0.5) is 0 Å². The van der Waals surface area contributed by atoms with Crippen molar-refractivity contribution in [1.82, 2.24) is 9.55 Å². The quantitative estimate of drug-likeness (QED) is 0.842. The van der Waals surface area contributed by atoms with E-state index in [1.54, 1.807) is 0 Å². The fourth-order valence-electron chi connectivity index (χ4n) is 2.53. The van der Waals surface area contributed by atoms with E-state index < -0.39 is 0 Å². The SMILES string of the molecule is Cc1ccc2c(c1)[nH]c(=O)n2C1CCCSC1. The number of aromatic nitrogens is 2.